The molecule has 4 aliphatic rings. The minimum atomic E-state index is -0.252. The van der Waals surface area contributed by atoms with Gasteiger partial charge in [0.05, 0.1) is 19.8 Å². The fourth-order valence-corrected chi connectivity index (χ4v) is 6.29. The lowest BCUT2D eigenvalue weighted by molar-refractivity contribution is -0.232. The third-order valence-electron chi connectivity index (χ3n) is 8.46. The lowest BCUT2D eigenvalue weighted by atomic mass is 9.51. The molecule has 0 unspecified atom stereocenters. The Hall–Kier alpha value is -1.16. The van der Waals surface area contributed by atoms with Crippen LogP contribution in [0.4, 0.5) is 0 Å². The molecular weight excluding hydrogens is 396 g/mol. The van der Waals surface area contributed by atoms with Gasteiger partial charge >= 0.3 is 0 Å². The van der Waals surface area contributed by atoms with Gasteiger partial charge in [-0.2, -0.15) is 0 Å². The fraction of sp³-hybridized carbons (Fsp3) is 0.724. The lowest BCUT2D eigenvalue weighted by Crippen LogP contribution is -2.44. The van der Waals surface area contributed by atoms with Crippen molar-refractivity contribution in [2.24, 2.45) is 5.41 Å². The highest BCUT2D eigenvalue weighted by Gasteiger charge is 2.48. The van der Waals surface area contributed by atoms with Crippen LogP contribution in [0.15, 0.2) is 36.4 Å². The monoisotopic (exact) mass is 440 g/mol. The average molecular weight is 441 g/mol. The maximum absolute atomic E-state index is 6.10. The molecule has 0 aromatic heterocycles. The second-order valence-electron chi connectivity index (χ2n) is 10.5. The zero-order valence-corrected chi connectivity index (χ0v) is 20.5. The SMILES string of the molecule is CCCCCC=CCO[C@@H]1CO[C@@H](c2ccc(C34CCC(CCC)(CC3)CC4)cc2)CO1. The first-order valence-electron chi connectivity index (χ1n) is 13.3. The standard InChI is InChI=1S/C29H44O3/c1-3-5-6-7-8-9-21-30-27-23-31-26(22-32-27)24-10-12-25(13-11-24)29-18-15-28(14-4-2,16-19-29)17-20-29/h8-13,26-27H,3-7,14-23H2,1-2H3/t26-,27+,28?,29?/m1/s1. The van der Waals surface area contributed by atoms with E-state index < -0.39 is 0 Å². The molecule has 5 rings (SSSR count). The van der Waals surface area contributed by atoms with E-state index in [9.17, 15) is 0 Å². The summed E-state index contributed by atoms with van der Waals surface area (Å²) in [7, 11) is 0. The van der Waals surface area contributed by atoms with Gasteiger partial charge in [-0.05, 0) is 79.7 Å². The number of benzene rings is 1. The highest BCUT2D eigenvalue weighted by Crippen LogP contribution is 2.59. The molecule has 1 aromatic carbocycles. The second kappa shape index (κ2) is 11.3. The van der Waals surface area contributed by atoms with Gasteiger partial charge in [-0.3, -0.25) is 0 Å². The van der Waals surface area contributed by atoms with Gasteiger partial charge in [0.1, 0.15) is 6.10 Å². The molecule has 3 aliphatic carbocycles. The van der Waals surface area contributed by atoms with Crippen molar-refractivity contribution in [1.82, 2.24) is 0 Å². The Kier molecular flexibility index (Phi) is 8.48. The van der Waals surface area contributed by atoms with E-state index in [1.807, 2.05) is 0 Å². The number of unbranched alkanes of at least 4 members (excludes halogenated alkanes) is 3. The van der Waals surface area contributed by atoms with Gasteiger partial charge in [0, 0.05) is 0 Å². The molecule has 3 heteroatoms. The van der Waals surface area contributed by atoms with Gasteiger partial charge in [0.15, 0.2) is 6.29 Å². The summed E-state index contributed by atoms with van der Waals surface area (Å²) in [5.74, 6) is 0. The van der Waals surface area contributed by atoms with Crippen molar-refractivity contribution >= 4 is 0 Å². The lowest BCUT2D eigenvalue weighted by Gasteiger charge is -2.54. The van der Waals surface area contributed by atoms with Crippen LogP contribution in [-0.2, 0) is 19.6 Å². The Morgan fingerprint density at radius 3 is 2.25 bits per heavy atom. The molecule has 1 heterocycles. The molecule has 3 nitrogen and oxygen atoms in total. The highest BCUT2D eigenvalue weighted by atomic mass is 16.7. The summed E-state index contributed by atoms with van der Waals surface area (Å²) >= 11 is 0. The van der Waals surface area contributed by atoms with E-state index in [2.05, 4.69) is 50.3 Å². The summed E-state index contributed by atoms with van der Waals surface area (Å²) in [5.41, 5.74) is 3.88. The zero-order chi connectivity index (χ0) is 22.3. The van der Waals surface area contributed by atoms with E-state index in [-0.39, 0.29) is 12.4 Å². The molecule has 2 bridgehead atoms. The van der Waals surface area contributed by atoms with E-state index in [4.69, 9.17) is 14.2 Å². The fourth-order valence-electron chi connectivity index (χ4n) is 6.29. The maximum Gasteiger partial charge on any atom is 0.181 e. The van der Waals surface area contributed by atoms with E-state index in [0.717, 1.165) is 6.42 Å². The van der Waals surface area contributed by atoms with Gasteiger partial charge in [-0.25, -0.2) is 0 Å². The molecular formula is C29H44O3. The topological polar surface area (TPSA) is 27.7 Å². The van der Waals surface area contributed by atoms with Crippen molar-refractivity contribution in [2.45, 2.75) is 109 Å². The zero-order valence-electron chi connectivity index (χ0n) is 20.5. The molecule has 0 amide bonds. The van der Waals surface area contributed by atoms with Crippen LogP contribution in [0.1, 0.15) is 108 Å². The van der Waals surface area contributed by atoms with E-state index in [0.29, 0.717) is 30.7 Å². The summed E-state index contributed by atoms with van der Waals surface area (Å²) in [5, 5.41) is 0. The number of ether oxygens (including phenoxy) is 3. The Bertz CT molecular complexity index is 690. The maximum atomic E-state index is 6.10. The van der Waals surface area contributed by atoms with Crippen LogP contribution >= 0.6 is 0 Å². The molecule has 0 N–H and O–H groups in total. The molecule has 0 radical (unpaired) electrons. The predicted octanol–water partition coefficient (Wildman–Crippen LogP) is 7.65. The Morgan fingerprint density at radius 2 is 1.62 bits per heavy atom. The van der Waals surface area contributed by atoms with Crippen molar-refractivity contribution in [3.63, 3.8) is 0 Å². The number of hydrogen-bond donors (Lipinski definition) is 0. The van der Waals surface area contributed by atoms with Crippen LogP contribution in [0.3, 0.4) is 0 Å². The first-order chi connectivity index (χ1) is 15.7. The van der Waals surface area contributed by atoms with Crippen LogP contribution in [0.2, 0.25) is 0 Å². The van der Waals surface area contributed by atoms with Gasteiger partial charge in [-0.15, -0.1) is 0 Å². The Morgan fingerprint density at radius 1 is 0.875 bits per heavy atom. The molecule has 1 aliphatic heterocycles. The molecule has 2 atom stereocenters. The third kappa shape index (κ3) is 5.66. The molecule has 178 valence electrons. The van der Waals surface area contributed by atoms with Crippen LogP contribution in [0.5, 0.6) is 0 Å². The summed E-state index contributed by atoms with van der Waals surface area (Å²) in [6.07, 6.45) is 20.2. The van der Waals surface area contributed by atoms with Gasteiger partial charge < -0.3 is 14.2 Å². The summed E-state index contributed by atoms with van der Waals surface area (Å²) < 4.78 is 17.8. The molecule has 32 heavy (non-hydrogen) atoms. The first-order valence-corrected chi connectivity index (χ1v) is 13.3. The second-order valence-corrected chi connectivity index (χ2v) is 10.5. The largest absolute Gasteiger partial charge is 0.366 e. The first kappa shape index (κ1) is 24.0. The highest BCUT2D eigenvalue weighted by molar-refractivity contribution is 5.32. The quantitative estimate of drug-likeness (QED) is 0.261. The predicted molar refractivity (Wildman–Crippen MR) is 131 cm³/mol. The number of fused-ring (bicyclic) bond motifs is 3. The van der Waals surface area contributed by atoms with Crippen molar-refractivity contribution in [1.29, 1.82) is 0 Å². The Balaban J connectivity index is 1.22. The molecule has 1 aromatic rings. The average Bonchev–Trinajstić information content (AvgIpc) is 2.85. The van der Waals surface area contributed by atoms with Gasteiger partial charge in [0.25, 0.3) is 0 Å². The molecule has 1 saturated heterocycles. The Labute approximate surface area is 195 Å². The van der Waals surface area contributed by atoms with E-state index in [1.165, 1.54) is 76.2 Å². The van der Waals surface area contributed by atoms with E-state index in [1.54, 1.807) is 5.56 Å². The van der Waals surface area contributed by atoms with Crippen LogP contribution in [0, 0.1) is 5.41 Å². The summed E-state index contributed by atoms with van der Waals surface area (Å²) in [6.45, 7) is 6.24. The molecule has 0 spiro atoms. The number of rotatable bonds is 11. The summed E-state index contributed by atoms with van der Waals surface area (Å²) in [6, 6.07) is 9.31. The number of allylic oxidation sites excluding steroid dienone is 1. The normalized spacial score (nSPS) is 32.6. The minimum absolute atomic E-state index is 0.0147. The minimum Gasteiger partial charge on any atom is -0.366 e. The summed E-state index contributed by atoms with van der Waals surface area (Å²) in [4.78, 5) is 0. The molecule has 4 fully saturated rings. The van der Waals surface area contributed by atoms with Crippen molar-refractivity contribution < 1.29 is 14.2 Å². The van der Waals surface area contributed by atoms with Crippen molar-refractivity contribution in [3.05, 3.63) is 47.5 Å². The smallest absolute Gasteiger partial charge is 0.181 e. The van der Waals surface area contributed by atoms with Crippen LogP contribution in [-0.4, -0.2) is 26.1 Å². The van der Waals surface area contributed by atoms with E-state index >= 15 is 0 Å². The van der Waals surface area contributed by atoms with Gasteiger partial charge in [-0.1, -0.05) is 69.5 Å². The van der Waals surface area contributed by atoms with Crippen LogP contribution in [0.25, 0.3) is 0 Å². The van der Waals surface area contributed by atoms with Crippen molar-refractivity contribution in [2.75, 3.05) is 19.8 Å². The van der Waals surface area contributed by atoms with Gasteiger partial charge in [0.2, 0.25) is 0 Å². The molecule has 3 saturated carbocycles. The third-order valence-corrected chi connectivity index (χ3v) is 8.46. The van der Waals surface area contributed by atoms with Crippen molar-refractivity contribution in [3.8, 4) is 0 Å². The van der Waals surface area contributed by atoms with Crippen LogP contribution < -0.4 is 0 Å². The number of hydrogen-bond acceptors (Lipinski definition) is 3.